The topological polar surface area (TPSA) is 130 Å². The maximum Gasteiger partial charge on any atom is 0.248 e. The monoisotopic (exact) mass is 410 g/mol. The van der Waals surface area contributed by atoms with Crippen LogP contribution in [0.3, 0.4) is 0 Å². The lowest BCUT2D eigenvalue weighted by Crippen LogP contribution is -2.24. The fraction of sp³-hybridized carbons (Fsp3) is 0.524. The molecule has 0 spiro atoms. The fourth-order valence-corrected chi connectivity index (χ4v) is 4.02. The number of nitrogens with zero attached hydrogens (tertiary/aromatic N) is 3. The van der Waals surface area contributed by atoms with Crippen molar-refractivity contribution in [3.8, 4) is 0 Å². The van der Waals surface area contributed by atoms with Crippen LogP contribution < -0.4 is 27.0 Å². The lowest BCUT2D eigenvalue weighted by atomic mass is 10.1. The molecule has 2 fully saturated rings. The van der Waals surface area contributed by atoms with Crippen LogP contribution >= 0.6 is 0 Å². The summed E-state index contributed by atoms with van der Waals surface area (Å²) in [5, 5.41) is 13.4. The Balaban J connectivity index is 1.56. The molecule has 1 aliphatic heterocycles. The zero-order valence-corrected chi connectivity index (χ0v) is 17.4. The number of aryl methyl sites for hydroxylation is 1. The second kappa shape index (κ2) is 9.25. The molecule has 1 aromatic carbocycles. The van der Waals surface area contributed by atoms with Crippen LogP contribution in [0.15, 0.2) is 18.2 Å². The van der Waals surface area contributed by atoms with Gasteiger partial charge in [-0.1, -0.05) is 18.9 Å². The van der Waals surface area contributed by atoms with Gasteiger partial charge >= 0.3 is 0 Å². The Morgan fingerprint density at radius 2 is 1.90 bits per heavy atom. The molecule has 9 nitrogen and oxygen atoms in total. The van der Waals surface area contributed by atoms with E-state index in [-0.39, 0.29) is 0 Å². The number of primary amides is 1. The lowest BCUT2D eigenvalue weighted by molar-refractivity contribution is 0.100. The summed E-state index contributed by atoms with van der Waals surface area (Å²) in [7, 11) is 0. The van der Waals surface area contributed by atoms with Gasteiger partial charge in [0.1, 0.15) is 0 Å². The molecular weight excluding hydrogens is 380 g/mol. The molecule has 1 aliphatic carbocycles. The first-order valence-corrected chi connectivity index (χ1v) is 10.7. The van der Waals surface area contributed by atoms with Crippen LogP contribution in [0.2, 0.25) is 0 Å². The van der Waals surface area contributed by atoms with Gasteiger partial charge in [0.05, 0.1) is 0 Å². The van der Waals surface area contributed by atoms with Gasteiger partial charge in [0.2, 0.25) is 23.8 Å². The standard InChI is InChI=1S/C21H30N8O/c1-13-6-7-15(18(22)30)10-17(13)26-21-28-19(24-11-14-4-2-3-5-14)27-20(29-21)25-16-8-9-23-12-16/h6-7,10,14,16,23H,2-5,8-9,11-12H2,1H3,(H2,22,30)(H3,24,25,26,27,28,29)/t16-/m1/s1. The number of hydrogen-bond donors (Lipinski definition) is 5. The molecule has 30 heavy (non-hydrogen) atoms. The second-order valence-electron chi connectivity index (χ2n) is 8.19. The average molecular weight is 411 g/mol. The molecule has 2 heterocycles. The highest BCUT2D eigenvalue weighted by molar-refractivity contribution is 5.94. The number of carbonyl (C=O) groups excluding carboxylic acids is 1. The minimum atomic E-state index is -0.469. The van der Waals surface area contributed by atoms with Crippen molar-refractivity contribution in [2.75, 3.05) is 35.6 Å². The molecular formula is C21H30N8O. The Kier molecular flexibility index (Phi) is 6.27. The Labute approximate surface area is 176 Å². The Hall–Kier alpha value is -2.94. The van der Waals surface area contributed by atoms with Gasteiger partial charge in [-0.15, -0.1) is 0 Å². The van der Waals surface area contributed by atoms with Crippen LogP contribution in [0.1, 0.15) is 48.0 Å². The summed E-state index contributed by atoms with van der Waals surface area (Å²) in [5.74, 6) is 1.72. The Morgan fingerprint density at radius 1 is 1.13 bits per heavy atom. The molecule has 1 amide bonds. The second-order valence-corrected chi connectivity index (χ2v) is 8.19. The van der Waals surface area contributed by atoms with E-state index in [4.69, 9.17) is 5.73 Å². The molecule has 2 aliphatic rings. The Bertz CT molecular complexity index is 891. The summed E-state index contributed by atoms with van der Waals surface area (Å²) in [5.41, 5.74) is 7.58. The normalized spacial score (nSPS) is 19.0. The molecule has 1 atom stereocenters. The summed E-state index contributed by atoms with van der Waals surface area (Å²) in [4.78, 5) is 25.3. The number of amides is 1. The number of benzene rings is 1. The number of nitrogens with two attached hydrogens (primary N) is 1. The molecule has 6 N–H and O–H groups in total. The molecule has 0 radical (unpaired) electrons. The first-order valence-electron chi connectivity index (χ1n) is 10.7. The smallest absolute Gasteiger partial charge is 0.248 e. The van der Waals surface area contributed by atoms with E-state index in [1.807, 2.05) is 13.0 Å². The minimum Gasteiger partial charge on any atom is -0.366 e. The number of rotatable bonds is 8. The fourth-order valence-electron chi connectivity index (χ4n) is 4.02. The first-order chi connectivity index (χ1) is 14.6. The molecule has 1 aromatic heterocycles. The van der Waals surface area contributed by atoms with Crippen molar-refractivity contribution in [3.05, 3.63) is 29.3 Å². The lowest BCUT2D eigenvalue weighted by Gasteiger charge is -2.16. The summed E-state index contributed by atoms with van der Waals surface area (Å²) < 4.78 is 0. The van der Waals surface area contributed by atoms with Gasteiger partial charge in [0.25, 0.3) is 0 Å². The van der Waals surface area contributed by atoms with Crippen LogP contribution in [0, 0.1) is 12.8 Å². The van der Waals surface area contributed by atoms with E-state index >= 15 is 0 Å². The molecule has 160 valence electrons. The van der Waals surface area contributed by atoms with E-state index in [1.54, 1.807) is 12.1 Å². The van der Waals surface area contributed by atoms with Crippen molar-refractivity contribution in [2.24, 2.45) is 11.7 Å². The number of nitrogens with one attached hydrogen (secondary N) is 4. The van der Waals surface area contributed by atoms with Gasteiger partial charge in [0.15, 0.2) is 0 Å². The predicted molar refractivity (Wildman–Crippen MR) is 118 cm³/mol. The zero-order valence-electron chi connectivity index (χ0n) is 17.4. The van der Waals surface area contributed by atoms with Gasteiger partial charge in [-0.2, -0.15) is 15.0 Å². The summed E-state index contributed by atoms with van der Waals surface area (Å²) >= 11 is 0. The van der Waals surface area contributed by atoms with Gasteiger partial charge in [-0.25, -0.2) is 0 Å². The van der Waals surface area contributed by atoms with Crippen LogP contribution in [-0.4, -0.2) is 46.5 Å². The van der Waals surface area contributed by atoms with Crippen molar-refractivity contribution >= 4 is 29.4 Å². The van der Waals surface area contributed by atoms with E-state index in [0.717, 1.165) is 37.3 Å². The molecule has 0 bridgehead atoms. The van der Waals surface area contributed by atoms with Crippen LogP contribution in [-0.2, 0) is 0 Å². The van der Waals surface area contributed by atoms with Gasteiger partial charge in [0, 0.05) is 30.4 Å². The van der Waals surface area contributed by atoms with E-state index in [0.29, 0.717) is 35.4 Å². The molecule has 1 saturated carbocycles. The molecule has 0 unspecified atom stereocenters. The maximum absolute atomic E-state index is 11.6. The Morgan fingerprint density at radius 3 is 2.63 bits per heavy atom. The van der Waals surface area contributed by atoms with E-state index in [1.165, 1.54) is 25.7 Å². The predicted octanol–water partition coefficient (Wildman–Crippen LogP) is 2.40. The number of anilines is 4. The number of hydrogen-bond acceptors (Lipinski definition) is 8. The molecule has 2 aromatic rings. The number of carbonyl (C=O) groups is 1. The highest BCUT2D eigenvalue weighted by Gasteiger charge is 2.18. The largest absolute Gasteiger partial charge is 0.366 e. The van der Waals surface area contributed by atoms with Gasteiger partial charge in [-0.05, 0) is 56.3 Å². The van der Waals surface area contributed by atoms with Crippen molar-refractivity contribution in [3.63, 3.8) is 0 Å². The van der Waals surface area contributed by atoms with Crippen molar-refractivity contribution in [2.45, 2.75) is 45.1 Å². The number of aromatic nitrogens is 3. The average Bonchev–Trinajstić information content (AvgIpc) is 3.42. The third kappa shape index (κ3) is 5.15. The van der Waals surface area contributed by atoms with E-state index in [9.17, 15) is 4.79 Å². The molecule has 1 saturated heterocycles. The first kappa shape index (κ1) is 20.3. The van der Waals surface area contributed by atoms with Crippen molar-refractivity contribution in [1.82, 2.24) is 20.3 Å². The highest BCUT2D eigenvalue weighted by atomic mass is 16.1. The van der Waals surface area contributed by atoms with E-state index < -0.39 is 5.91 Å². The van der Waals surface area contributed by atoms with Crippen molar-refractivity contribution in [1.29, 1.82) is 0 Å². The quantitative estimate of drug-likeness (QED) is 0.448. The summed E-state index contributed by atoms with van der Waals surface area (Å²) in [6.45, 7) is 4.69. The van der Waals surface area contributed by atoms with Crippen LogP contribution in [0.5, 0.6) is 0 Å². The third-order valence-corrected chi connectivity index (χ3v) is 5.82. The molecule has 4 rings (SSSR count). The summed E-state index contributed by atoms with van der Waals surface area (Å²) in [6, 6.07) is 5.58. The zero-order chi connectivity index (χ0) is 20.9. The summed E-state index contributed by atoms with van der Waals surface area (Å²) in [6.07, 6.45) is 6.13. The minimum absolute atomic E-state index is 0.294. The maximum atomic E-state index is 11.6. The van der Waals surface area contributed by atoms with Crippen molar-refractivity contribution < 1.29 is 4.79 Å². The van der Waals surface area contributed by atoms with Gasteiger partial charge in [-0.3, -0.25) is 4.79 Å². The molecule has 9 heteroatoms. The van der Waals surface area contributed by atoms with Gasteiger partial charge < -0.3 is 27.0 Å². The van der Waals surface area contributed by atoms with Crippen LogP contribution in [0.25, 0.3) is 0 Å². The third-order valence-electron chi connectivity index (χ3n) is 5.82. The highest BCUT2D eigenvalue weighted by Crippen LogP contribution is 2.25. The SMILES string of the molecule is Cc1ccc(C(N)=O)cc1Nc1nc(NCC2CCCC2)nc(N[C@@H]2CCNC2)n1. The van der Waals surface area contributed by atoms with E-state index in [2.05, 4.69) is 36.2 Å². The van der Waals surface area contributed by atoms with Crippen LogP contribution in [0.4, 0.5) is 23.5 Å².